The van der Waals surface area contributed by atoms with Crippen LogP contribution in [0, 0.1) is 0 Å². The summed E-state index contributed by atoms with van der Waals surface area (Å²) in [5.74, 6) is 0. The zero-order chi connectivity index (χ0) is 12.2. The van der Waals surface area contributed by atoms with Gasteiger partial charge in [-0.2, -0.15) is 0 Å². The topological polar surface area (TPSA) is 9.23 Å². The Labute approximate surface area is 102 Å². The van der Waals surface area contributed by atoms with Gasteiger partial charge in [-0.1, -0.05) is 44.2 Å². The van der Waals surface area contributed by atoms with Crippen LogP contribution in [0.3, 0.4) is 0 Å². The van der Waals surface area contributed by atoms with E-state index in [0.29, 0.717) is 5.54 Å². The molecule has 0 saturated heterocycles. The van der Waals surface area contributed by atoms with Crippen molar-refractivity contribution in [2.45, 2.75) is 51.8 Å². The molecule has 1 aromatic rings. The largest absolute Gasteiger partial charge is 0.415 e. The SMILES string of the molecule is CC(C)[SiH](Cc1ccccc1)OC(C)(C)C. The summed E-state index contributed by atoms with van der Waals surface area (Å²) in [5, 5.41) is 0. The number of benzene rings is 1. The molecule has 0 aliphatic rings. The fourth-order valence-corrected chi connectivity index (χ4v) is 4.19. The van der Waals surface area contributed by atoms with E-state index in [1.807, 2.05) is 0 Å². The van der Waals surface area contributed by atoms with E-state index in [1.165, 1.54) is 5.56 Å². The normalized spacial score (nSPS) is 14.1. The summed E-state index contributed by atoms with van der Waals surface area (Å²) in [6.45, 7) is 11.0. The van der Waals surface area contributed by atoms with Crippen LogP contribution in [0.25, 0.3) is 0 Å². The van der Waals surface area contributed by atoms with E-state index in [9.17, 15) is 0 Å². The molecule has 0 radical (unpaired) electrons. The van der Waals surface area contributed by atoms with Gasteiger partial charge in [0.05, 0.1) is 0 Å². The molecule has 0 aliphatic carbocycles. The minimum Gasteiger partial charge on any atom is -0.415 e. The summed E-state index contributed by atoms with van der Waals surface area (Å²) in [5.41, 5.74) is 2.09. The summed E-state index contributed by atoms with van der Waals surface area (Å²) in [6.07, 6.45) is 0. The Morgan fingerprint density at radius 2 is 1.69 bits per heavy atom. The lowest BCUT2D eigenvalue weighted by Gasteiger charge is -2.29. The molecule has 0 N–H and O–H groups in total. The first-order chi connectivity index (χ1) is 7.38. The predicted octanol–water partition coefficient (Wildman–Crippen LogP) is 3.72. The molecule has 2 heteroatoms. The molecule has 1 aromatic carbocycles. The van der Waals surface area contributed by atoms with Crippen LogP contribution in [-0.4, -0.2) is 14.6 Å². The highest BCUT2D eigenvalue weighted by atomic mass is 28.3. The van der Waals surface area contributed by atoms with E-state index in [2.05, 4.69) is 65.0 Å². The summed E-state index contributed by atoms with van der Waals surface area (Å²) < 4.78 is 6.24. The van der Waals surface area contributed by atoms with Crippen molar-refractivity contribution in [2.24, 2.45) is 0 Å². The van der Waals surface area contributed by atoms with Crippen LogP contribution >= 0.6 is 0 Å². The van der Waals surface area contributed by atoms with Crippen LogP contribution in [0.15, 0.2) is 30.3 Å². The molecular formula is C14H24OSi. The molecule has 1 unspecified atom stereocenters. The molecule has 0 heterocycles. The van der Waals surface area contributed by atoms with Crippen molar-refractivity contribution < 1.29 is 4.43 Å². The van der Waals surface area contributed by atoms with Gasteiger partial charge < -0.3 is 4.43 Å². The van der Waals surface area contributed by atoms with Gasteiger partial charge in [0.25, 0.3) is 0 Å². The van der Waals surface area contributed by atoms with E-state index in [1.54, 1.807) is 0 Å². The van der Waals surface area contributed by atoms with Gasteiger partial charge >= 0.3 is 0 Å². The molecule has 0 aliphatic heterocycles. The third-order valence-electron chi connectivity index (χ3n) is 2.53. The molecule has 0 aromatic heterocycles. The van der Waals surface area contributed by atoms with Crippen molar-refractivity contribution in [3.63, 3.8) is 0 Å². The maximum atomic E-state index is 6.24. The van der Waals surface area contributed by atoms with Gasteiger partial charge in [0, 0.05) is 5.60 Å². The van der Waals surface area contributed by atoms with Crippen molar-refractivity contribution in [1.29, 1.82) is 0 Å². The Bertz CT molecular complexity index is 300. The quantitative estimate of drug-likeness (QED) is 0.724. The van der Waals surface area contributed by atoms with Crippen LogP contribution in [0.5, 0.6) is 0 Å². The Morgan fingerprint density at radius 1 is 1.12 bits per heavy atom. The van der Waals surface area contributed by atoms with Gasteiger partial charge in [-0.15, -0.1) is 0 Å². The first kappa shape index (κ1) is 13.5. The minimum absolute atomic E-state index is 0.00403. The van der Waals surface area contributed by atoms with Crippen molar-refractivity contribution >= 4 is 9.04 Å². The Balaban J connectivity index is 2.66. The van der Waals surface area contributed by atoms with E-state index in [4.69, 9.17) is 4.43 Å². The second kappa shape index (κ2) is 5.64. The molecular weight excluding hydrogens is 212 g/mol. The van der Waals surface area contributed by atoms with Crippen LogP contribution in [0.1, 0.15) is 40.2 Å². The van der Waals surface area contributed by atoms with Crippen molar-refractivity contribution in [1.82, 2.24) is 0 Å². The van der Waals surface area contributed by atoms with Gasteiger partial charge in [-0.25, -0.2) is 0 Å². The van der Waals surface area contributed by atoms with Gasteiger partial charge in [-0.3, -0.25) is 0 Å². The van der Waals surface area contributed by atoms with Gasteiger partial charge in [0.2, 0.25) is 0 Å². The maximum Gasteiger partial charge on any atom is 0.184 e. The highest BCUT2D eigenvalue weighted by Gasteiger charge is 2.23. The highest BCUT2D eigenvalue weighted by Crippen LogP contribution is 2.20. The fraction of sp³-hybridized carbons (Fsp3) is 0.571. The monoisotopic (exact) mass is 236 g/mol. The van der Waals surface area contributed by atoms with Crippen molar-refractivity contribution in [3.8, 4) is 0 Å². The lowest BCUT2D eigenvalue weighted by atomic mass is 10.2. The minimum atomic E-state index is -1.16. The number of hydrogen-bond acceptors (Lipinski definition) is 1. The van der Waals surface area contributed by atoms with Crippen LogP contribution in [0.4, 0.5) is 0 Å². The fourth-order valence-electron chi connectivity index (χ4n) is 1.71. The zero-order valence-corrected chi connectivity index (χ0v) is 12.3. The van der Waals surface area contributed by atoms with Crippen molar-refractivity contribution in [3.05, 3.63) is 35.9 Å². The summed E-state index contributed by atoms with van der Waals surface area (Å²) >= 11 is 0. The second-order valence-corrected chi connectivity index (χ2v) is 8.76. The number of hydrogen-bond donors (Lipinski definition) is 0. The van der Waals surface area contributed by atoms with Crippen LogP contribution in [-0.2, 0) is 10.5 Å². The van der Waals surface area contributed by atoms with Gasteiger partial charge in [-0.05, 0) is 37.9 Å². The van der Waals surface area contributed by atoms with Crippen molar-refractivity contribution in [2.75, 3.05) is 0 Å². The van der Waals surface area contributed by atoms with E-state index in [0.717, 1.165) is 6.04 Å². The molecule has 0 fully saturated rings. The summed E-state index contributed by atoms with van der Waals surface area (Å²) in [7, 11) is -1.16. The predicted molar refractivity (Wildman–Crippen MR) is 73.2 cm³/mol. The van der Waals surface area contributed by atoms with E-state index in [-0.39, 0.29) is 5.60 Å². The molecule has 0 saturated carbocycles. The lowest BCUT2D eigenvalue weighted by Crippen LogP contribution is -2.34. The molecule has 1 nitrogen and oxygen atoms in total. The molecule has 1 atom stereocenters. The molecule has 16 heavy (non-hydrogen) atoms. The Morgan fingerprint density at radius 3 is 2.12 bits per heavy atom. The molecule has 1 rings (SSSR count). The standard InChI is InChI=1S/C14H24OSi/c1-12(2)16(15-14(3,4)5)11-13-9-7-6-8-10-13/h6-10,12,16H,11H2,1-5H3. The lowest BCUT2D eigenvalue weighted by molar-refractivity contribution is 0.125. The smallest absolute Gasteiger partial charge is 0.184 e. The third kappa shape index (κ3) is 4.95. The average molecular weight is 236 g/mol. The molecule has 0 spiro atoms. The third-order valence-corrected chi connectivity index (χ3v) is 5.90. The summed E-state index contributed by atoms with van der Waals surface area (Å²) in [4.78, 5) is 0. The molecule has 0 bridgehead atoms. The Kier molecular flexibility index (Phi) is 4.75. The molecule has 90 valence electrons. The second-order valence-electron chi connectivity index (χ2n) is 5.70. The highest BCUT2D eigenvalue weighted by molar-refractivity contribution is 6.53. The van der Waals surface area contributed by atoms with Gasteiger partial charge in [0.1, 0.15) is 0 Å². The van der Waals surface area contributed by atoms with E-state index < -0.39 is 9.04 Å². The number of rotatable bonds is 4. The van der Waals surface area contributed by atoms with Crippen LogP contribution < -0.4 is 0 Å². The first-order valence-corrected chi connectivity index (χ1v) is 8.05. The molecule has 0 amide bonds. The zero-order valence-electron chi connectivity index (χ0n) is 11.2. The Hall–Kier alpha value is -0.603. The average Bonchev–Trinajstić information content (AvgIpc) is 2.16. The van der Waals surface area contributed by atoms with Crippen LogP contribution in [0.2, 0.25) is 5.54 Å². The maximum absolute atomic E-state index is 6.24. The summed E-state index contributed by atoms with van der Waals surface area (Å²) in [6, 6.07) is 11.8. The first-order valence-electron chi connectivity index (χ1n) is 6.10. The van der Waals surface area contributed by atoms with E-state index >= 15 is 0 Å². The van der Waals surface area contributed by atoms with Gasteiger partial charge in [0.15, 0.2) is 9.04 Å².